The summed E-state index contributed by atoms with van der Waals surface area (Å²) < 4.78 is 1.47. The van der Waals surface area contributed by atoms with Gasteiger partial charge in [-0.2, -0.15) is 0 Å². The first kappa shape index (κ1) is 11.3. The van der Waals surface area contributed by atoms with E-state index in [1.165, 1.54) is 11.1 Å². The predicted octanol–water partition coefficient (Wildman–Crippen LogP) is 0.0829. The van der Waals surface area contributed by atoms with E-state index in [0.29, 0.717) is 17.6 Å². The van der Waals surface area contributed by atoms with Crippen LogP contribution in [0, 0.1) is 5.92 Å². The highest BCUT2D eigenvalue weighted by Crippen LogP contribution is 2.25. The molecule has 96 valence electrons. The Bertz CT molecular complexity index is 537. The molecular formula is C11H17N7. The zero-order valence-corrected chi connectivity index (χ0v) is 10.4. The highest BCUT2D eigenvalue weighted by Gasteiger charge is 2.25. The number of hydrogen-bond donors (Lipinski definition) is 1. The summed E-state index contributed by atoms with van der Waals surface area (Å²) in [4.78, 5) is 2.29. The zero-order chi connectivity index (χ0) is 12.5. The lowest BCUT2D eigenvalue weighted by Crippen LogP contribution is -2.44. The Morgan fingerprint density at radius 3 is 3.11 bits per heavy atom. The van der Waals surface area contributed by atoms with Gasteiger partial charge in [-0.3, -0.25) is 0 Å². The van der Waals surface area contributed by atoms with Crippen LogP contribution in [-0.2, 0) is 0 Å². The molecule has 1 aliphatic rings. The lowest BCUT2D eigenvalue weighted by molar-refractivity contribution is 0.370. The molecule has 2 aromatic rings. The van der Waals surface area contributed by atoms with Crippen LogP contribution in [0.2, 0.25) is 0 Å². The van der Waals surface area contributed by atoms with Crippen molar-refractivity contribution in [2.24, 2.45) is 11.7 Å². The van der Waals surface area contributed by atoms with Crippen molar-refractivity contribution in [3.8, 4) is 0 Å². The SMILES string of the molecule is CC1CCC(CN)CN1c1ccc2nnnn2n1. The van der Waals surface area contributed by atoms with Crippen LogP contribution in [0.4, 0.5) is 5.82 Å². The minimum absolute atomic E-state index is 0.481. The van der Waals surface area contributed by atoms with Gasteiger partial charge in [0, 0.05) is 12.6 Å². The third-order valence-electron chi connectivity index (χ3n) is 3.66. The Morgan fingerprint density at radius 1 is 1.39 bits per heavy atom. The van der Waals surface area contributed by atoms with Gasteiger partial charge >= 0.3 is 0 Å². The molecule has 0 bridgehead atoms. The fourth-order valence-corrected chi connectivity index (χ4v) is 2.49. The van der Waals surface area contributed by atoms with Crippen LogP contribution in [0.3, 0.4) is 0 Å². The lowest BCUT2D eigenvalue weighted by atomic mass is 9.93. The second-order valence-electron chi connectivity index (χ2n) is 4.90. The summed E-state index contributed by atoms with van der Waals surface area (Å²) in [6.07, 6.45) is 2.35. The molecule has 7 nitrogen and oxygen atoms in total. The first-order chi connectivity index (χ1) is 8.78. The van der Waals surface area contributed by atoms with Crippen LogP contribution >= 0.6 is 0 Å². The number of nitrogens with zero attached hydrogens (tertiary/aromatic N) is 6. The van der Waals surface area contributed by atoms with Gasteiger partial charge in [0.15, 0.2) is 11.5 Å². The fraction of sp³-hybridized carbons (Fsp3) is 0.636. The number of piperidine rings is 1. The van der Waals surface area contributed by atoms with Crippen LogP contribution < -0.4 is 10.6 Å². The van der Waals surface area contributed by atoms with Crippen molar-refractivity contribution in [2.75, 3.05) is 18.0 Å². The van der Waals surface area contributed by atoms with Gasteiger partial charge in [0.1, 0.15) is 0 Å². The number of anilines is 1. The van der Waals surface area contributed by atoms with Gasteiger partial charge in [-0.05, 0) is 54.8 Å². The van der Waals surface area contributed by atoms with Crippen LogP contribution in [0.1, 0.15) is 19.8 Å². The van der Waals surface area contributed by atoms with E-state index in [1.807, 2.05) is 12.1 Å². The number of nitrogens with two attached hydrogens (primary N) is 1. The van der Waals surface area contributed by atoms with Gasteiger partial charge in [0.2, 0.25) is 0 Å². The quantitative estimate of drug-likeness (QED) is 0.809. The average molecular weight is 247 g/mol. The van der Waals surface area contributed by atoms with Gasteiger partial charge in [0.25, 0.3) is 0 Å². The molecule has 2 unspecified atom stereocenters. The Kier molecular flexibility index (Phi) is 2.83. The van der Waals surface area contributed by atoms with E-state index in [4.69, 9.17) is 5.73 Å². The van der Waals surface area contributed by atoms with E-state index in [0.717, 1.165) is 25.3 Å². The Balaban J connectivity index is 1.91. The fourth-order valence-electron chi connectivity index (χ4n) is 2.49. The molecule has 3 heterocycles. The van der Waals surface area contributed by atoms with Crippen LogP contribution in [0.25, 0.3) is 5.65 Å². The summed E-state index contributed by atoms with van der Waals surface area (Å²) in [5.41, 5.74) is 6.44. The van der Waals surface area contributed by atoms with Crippen molar-refractivity contribution in [2.45, 2.75) is 25.8 Å². The largest absolute Gasteiger partial charge is 0.352 e. The summed E-state index contributed by atoms with van der Waals surface area (Å²) in [5.74, 6) is 1.47. The van der Waals surface area contributed by atoms with Crippen LogP contribution in [-0.4, -0.2) is 44.4 Å². The summed E-state index contributed by atoms with van der Waals surface area (Å²) in [5, 5.41) is 15.7. The minimum Gasteiger partial charge on any atom is -0.352 e. The van der Waals surface area contributed by atoms with Gasteiger partial charge in [-0.25, -0.2) is 0 Å². The highest BCUT2D eigenvalue weighted by molar-refractivity contribution is 5.45. The van der Waals surface area contributed by atoms with Crippen molar-refractivity contribution < 1.29 is 0 Å². The number of fused-ring (bicyclic) bond motifs is 1. The molecule has 7 heteroatoms. The lowest BCUT2D eigenvalue weighted by Gasteiger charge is -2.38. The Hall–Kier alpha value is -1.76. The zero-order valence-electron chi connectivity index (χ0n) is 10.4. The van der Waals surface area contributed by atoms with Crippen molar-refractivity contribution in [3.63, 3.8) is 0 Å². The molecule has 1 fully saturated rings. The van der Waals surface area contributed by atoms with Gasteiger partial charge < -0.3 is 10.6 Å². The maximum atomic E-state index is 5.78. The highest BCUT2D eigenvalue weighted by atomic mass is 15.6. The molecule has 1 aliphatic heterocycles. The van der Waals surface area contributed by atoms with Crippen molar-refractivity contribution in [1.82, 2.24) is 25.3 Å². The van der Waals surface area contributed by atoms with E-state index in [9.17, 15) is 0 Å². The molecule has 2 aromatic heterocycles. The maximum absolute atomic E-state index is 5.78. The van der Waals surface area contributed by atoms with Crippen molar-refractivity contribution >= 4 is 11.5 Å². The van der Waals surface area contributed by atoms with Crippen molar-refractivity contribution in [3.05, 3.63) is 12.1 Å². The standard InChI is InChI=1S/C11H17N7/c1-8-2-3-9(6-12)7-17(8)11-5-4-10-13-15-16-18(10)14-11/h4-5,8-9H,2-3,6-7,12H2,1H3. The molecule has 2 atom stereocenters. The van der Waals surface area contributed by atoms with Crippen LogP contribution in [0.5, 0.6) is 0 Å². The predicted molar refractivity (Wildman–Crippen MR) is 67.2 cm³/mol. The summed E-state index contributed by atoms with van der Waals surface area (Å²) in [7, 11) is 0. The van der Waals surface area contributed by atoms with E-state index < -0.39 is 0 Å². The smallest absolute Gasteiger partial charge is 0.200 e. The molecule has 0 amide bonds. The summed E-state index contributed by atoms with van der Waals surface area (Å²) in [6, 6.07) is 4.34. The number of rotatable bonds is 2. The Labute approximate surface area is 105 Å². The molecule has 2 N–H and O–H groups in total. The summed E-state index contributed by atoms with van der Waals surface area (Å²) >= 11 is 0. The number of tetrazole rings is 1. The third-order valence-corrected chi connectivity index (χ3v) is 3.66. The normalized spacial score (nSPS) is 24.7. The third kappa shape index (κ3) is 1.90. The topological polar surface area (TPSA) is 85.2 Å². The molecule has 0 spiro atoms. The van der Waals surface area contributed by atoms with Gasteiger partial charge in [-0.1, -0.05) is 0 Å². The average Bonchev–Trinajstić information content (AvgIpc) is 2.86. The van der Waals surface area contributed by atoms with E-state index in [1.54, 1.807) is 0 Å². The molecular weight excluding hydrogens is 230 g/mol. The molecule has 18 heavy (non-hydrogen) atoms. The molecule has 0 aliphatic carbocycles. The first-order valence-corrected chi connectivity index (χ1v) is 6.30. The monoisotopic (exact) mass is 247 g/mol. The van der Waals surface area contributed by atoms with Gasteiger partial charge in [0.05, 0.1) is 0 Å². The van der Waals surface area contributed by atoms with E-state index in [2.05, 4.69) is 32.4 Å². The van der Waals surface area contributed by atoms with Crippen LogP contribution in [0.15, 0.2) is 12.1 Å². The molecule has 0 aromatic carbocycles. The molecule has 0 saturated carbocycles. The molecule has 1 saturated heterocycles. The summed E-state index contributed by atoms with van der Waals surface area (Å²) in [6.45, 7) is 3.91. The maximum Gasteiger partial charge on any atom is 0.200 e. The number of hydrogen-bond acceptors (Lipinski definition) is 6. The molecule has 0 radical (unpaired) electrons. The minimum atomic E-state index is 0.481. The van der Waals surface area contributed by atoms with Crippen molar-refractivity contribution in [1.29, 1.82) is 0 Å². The van der Waals surface area contributed by atoms with E-state index in [-0.39, 0.29) is 0 Å². The molecule has 3 rings (SSSR count). The van der Waals surface area contributed by atoms with E-state index >= 15 is 0 Å². The van der Waals surface area contributed by atoms with Gasteiger partial charge in [-0.15, -0.1) is 14.8 Å². The first-order valence-electron chi connectivity index (χ1n) is 6.30. The second-order valence-corrected chi connectivity index (χ2v) is 4.90. The second kappa shape index (κ2) is 4.49. The number of aromatic nitrogens is 5. The Morgan fingerprint density at radius 2 is 2.28 bits per heavy atom.